The number of rotatable bonds is 6. The van der Waals surface area contributed by atoms with Gasteiger partial charge in [0, 0.05) is 30.8 Å². The van der Waals surface area contributed by atoms with Crippen LogP contribution < -0.4 is 9.64 Å². The SMILES string of the molecule is CCN(C)c1cc(-c2cn[nH]c2-c2cc(C(C)C)c(O)cc2O)ccc1OC. The average molecular weight is 381 g/mol. The van der Waals surface area contributed by atoms with E-state index in [1.54, 1.807) is 13.3 Å². The summed E-state index contributed by atoms with van der Waals surface area (Å²) in [6, 6.07) is 9.16. The molecule has 6 nitrogen and oxygen atoms in total. The maximum atomic E-state index is 10.5. The number of H-pyrrole nitrogens is 1. The molecule has 6 heteroatoms. The number of aromatic nitrogens is 2. The molecule has 0 aliphatic heterocycles. The summed E-state index contributed by atoms with van der Waals surface area (Å²) in [4.78, 5) is 2.11. The summed E-state index contributed by atoms with van der Waals surface area (Å²) in [5.74, 6) is 1.02. The number of phenols is 2. The predicted octanol–water partition coefficient (Wildman–Crippen LogP) is 4.74. The third-order valence-electron chi connectivity index (χ3n) is 5.05. The monoisotopic (exact) mass is 381 g/mol. The first-order valence-corrected chi connectivity index (χ1v) is 9.36. The molecule has 1 aromatic heterocycles. The van der Waals surface area contributed by atoms with Crippen molar-refractivity contribution in [2.45, 2.75) is 26.7 Å². The molecule has 3 N–H and O–H groups in total. The quantitative estimate of drug-likeness (QED) is 0.574. The lowest BCUT2D eigenvalue weighted by Gasteiger charge is -2.21. The molecule has 3 rings (SSSR count). The van der Waals surface area contributed by atoms with E-state index in [0.717, 1.165) is 34.7 Å². The van der Waals surface area contributed by atoms with Gasteiger partial charge in [0.05, 0.1) is 24.7 Å². The van der Waals surface area contributed by atoms with Gasteiger partial charge in [0.1, 0.15) is 17.2 Å². The average Bonchev–Trinajstić information content (AvgIpc) is 3.16. The zero-order valence-electron chi connectivity index (χ0n) is 16.9. The first kappa shape index (κ1) is 19.6. The van der Waals surface area contributed by atoms with E-state index in [1.807, 2.05) is 39.1 Å². The van der Waals surface area contributed by atoms with Crippen LogP contribution in [0.1, 0.15) is 32.3 Å². The van der Waals surface area contributed by atoms with E-state index in [-0.39, 0.29) is 17.4 Å². The Balaban J connectivity index is 2.15. The first-order chi connectivity index (χ1) is 13.4. The molecule has 2 aromatic carbocycles. The van der Waals surface area contributed by atoms with Crippen molar-refractivity contribution in [1.82, 2.24) is 10.2 Å². The maximum Gasteiger partial charge on any atom is 0.142 e. The summed E-state index contributed by atoms with van der Waals surface area (Å²) in [6.07, 6.45) is 1.74. The molecule has 0 atom stereocenters. The number of hydrogen-bond acceptors (Lipinski definition) is 5. The van der Waals surface area contributed by atoms with Crippen molar-refractivity contribution < 1.29 is 14.9 Å². The molecule has 0 fully saturated rings. The lowest BCUT2D eigenvalue weighted by molar-refractivity contribution is 0.415. The third-order valence-corrected chi connectivity index (χ3v) is 5.05. The third kappa shape index (κ3) is 3.50. The highest BCUT2D eigenvalue weighted by Crippen LogP contribution is 2.42. The zero-order valence-corrected chi connectivity index (χ0v) is 16.9. The molecule has 0 saturated carbocycles. The van der Waals surface area contributed by atoms with Gasteiger partial charge in [0.2, 0.25) is 0 Å². The van der Waals surface area contributed by atoms with Crippen molar-refractivity contribution in [3.8, 4) is 39.6 Å². The van der Waals surface area contributed by atoms with Crippen molar-refractivity contribution in [2.75, 3.05) is 25.6 Å². The van der Waals surface area contributed by atoms with Gasteiger partial charge in [-0.25, -0.2) is 0 Å². The van der Waals surface area contributed by atoms with Crippen molar-refractivity contribution in [3.63, 3.8) is 0 Å². The molecule has 0 aliphatic carbocycles. The van der Waals surface area contributed by atoms with Crippen molar-refractivity contribution >= 4 is 5.69 Å². The van der Waals surface area contributed by atoms with Crippen molar-refractivity contribution in [2.24, 2.45) is 0 Å². The van der Waals surface area contributed by atoms with Gasteiger partial charge in [-0.05, 0) is 42.2 Å². The number of nitrogens with one attached hydrogen (secondary N) is 1. The van der Waals surface area contributed by atoms with E-state index in [0.29, 0.717) is 11.3 Å². The Labute approximate surface area is 165 Å². The number of nitrogens with zero attached hydrogens (tertiary/aromatic N) is 2. The lowest BCUT2D eigenvalue weighted by Crippen LogP contribution is -2.16. The fourth-order valence-electron chi connectivity index (χ4n) is 3.29. The van der Waals surface area contributed by atoms with E-state index in [1.165, 1.54) is 6.07 Å². The summed E-state index contributed by atoms with van der Waals surface area (Å²) >= 11 is 0. The largest absolute Gasteiger partial charge is 0.508 e. The molecule has 0 unspecified atom stereocenters. The van der Waals surface area contributed by atoms with Crippen LogP contribution in [-0.4, -0.2) is 41.1 Å². The summed E-state index contributed by atoms with van der Waals surface area (Å²) in [5, 5.41) is 27.8. The number of anilines is 1. The Morgan fingerprint density at radius 1 is 1.11 bits per heavy atom. The van der Waals surface area contributed by atoms with E-state index in [9.17, 15) is 10.2 Å². The molecule has 0 radical (unpaired) electrons. The summed E-state index contributed by atoms with van der Waals surface area (Å²) in [7, 11) is 3.67. The van der Waals surface area contributed by atoms with Crippen molar-refractivity contribution in [3.05, 3.63) is 42.1 Å². The highest BCUT2D eigenvalue weighted by Gasteiger charge is 2.19. The fourth-order valence-corrected chi connectivity index (χ4v) is 3.29. The molecule has 3 aromatic rings. The minimum atomic E-state index is 0.00631. The van der Waals surface area contributed by atoms with Crippen LogP contribution in [0.3, 0.4) is 0 Å². The van der Waals surface area contributed by atoms with E-state index < -0.39 is 0 Å². The Kier molecular flexibility index (Phi) is 5.49. The molecule has 148 valence electrons. The van der Waals surface area contributed by atoms with Crippen LogP contribution in [0.4, 0.5) is 5.69 Å². The smallest absolute Gasteiger partial charge is 0.142 e. The lowest BCUT2D eigenvalue weighted by atomic mass is 9.95. The molecule has 0 spiro atoms. The fraction of sp³-hybridized carbons (Fsp3) is 0.318. The second kappa shape index (κ2) is 7.84. The van der Waals surface area contributed by atoms with Crippen LogP contribution in [0.15, 0.2) is 36.5 Å². The number of methoxy groups -OCH3 is 1. The van der Waals surface area contributed by atoms with Crippen LogP contribution in [-0.2, 0) is 0 Å². The van der Waals surface area contributed by atoms with Gasteiger partial charge in [-0.3, -0.25) is 5.10 Å². The standard InChI is InChI=1S/C22H27N3O3/c1-6-25(4)18-9-14(7-8-21(18)28-5)17-12-23-24-22(17)16-10-15(13(2)3)19(26)11-20(16)27/h7-13,26-27H,6H2,1-5H3,(H,23,24). The maximum absolute atomic E-state index is 10.5. The van der Waals surface area contributed by atoms with Crippen LogP contribution in [0.25, 0.3) is 22.4 Å². The number of ether oxygens (including phenoxy) is 1. The van der Waals surface area contributed by atoms with Crippen LogP contribution >= 0.6 is 0 Å². The van der Waals surface area contributed by atoms with Gasteiger partial charge in [0.15, 0.2) is 0 Å². The zero-order chi connectivity index (χ0) is 20.4. The van der Waals surface area contributed by atoms with Crippen LogP contribution in [0.2, 0.25) is 0 Å². The predicted molar refractivity (Wildman–Crippen MR) is 112 cm³/mol. The molecule has 28 heavy (non-hydrogen) atoms. The Morgan fingerprint density at radius 3 is 2.50 bits per heavy atom. The topological polar surface area (TPSA) is 81.6 Å². The number of aromatic amines is 1. The molecule has 0 amide bonds. The van der Waals surface area contributed by atoms with Crippen molar-refractivity contribution in [1.29, 1.82) is 0 Å². The van der Waals surface area contributed by atoms with Gasteiger partial charge in [-0.2, -0.15) is 5.10 Å². The highest BCUT2D eigenvalue weighted by atomic mass is 16.5. The van der Waals surface area contributed by atoms with E-state index in [2.05, 4.69) is 28.1 Å². The number of phenolic OH excluding ortho intramolecular Hbond substituents is 2. The van der Waals surface area contributed by atoms with E-state index >= 15 is 0 Å². The molecule has 0 aliphatic rings. The first-order valence-electron chi connectivity index (χ1n) is 9.36. The summed E-state index contributed by atoms with van der Waals surface area (Å²) in [5.41, 5.74) is 4.88. The summed E-state index contributed by atoms with van der Waals surface area (Å²) in [6.45, 7) is 6.92. The number of aromatic hydroxyl groups is 2. The number of hydrogen-bond donors (Lipinski definition) is 3. The van der Waals surface area contributed by atoms with Gasteiger partial charge in [-0.1, -0.05) is 19.9 Å². The Hall–Kier alpha value is -3.15. The van der Waals surface area contributed by atoms with Crippen LogP contribution in [0, 0.1) is 0 Å². The van der Waals surface area contributed by atoms with E-state index in [4.69, 9.17) is 4.74 Å². The number of benzene rings is 2. The Morgan fingerprint density at radius 2 is 1.86 bits per heavy atom. The second-order valence-electron chi connectivity index (χ2n) is 7.14. The molecule has 0 bridgehead atoms. The second-order valence-corrected chi connectivity index (χ2v) is 7.14. The molecular formula is C22H27N3O3. The Bertz CT molecular complexity index is 979. The molecule has 0 saturated heterocycles. The summed E-state index contributed by atoms with van der Waals surface area (Å²) < 4.78 is 5.50. The van der Waals surface area contributed by atoms with Gasteiger partial charge >= 0.3 is 0 Å². The van der Waals surface area contributed by atoms with Gasteiger partial charge < -0.3 is 19.8 Å². The molecular weight excluding hydrogens is 354 g/mol. The van der Waals surface area contributed by atoms with Crippen LogP contribution in [0.5, 0.6) is 17.2 Å². The minimum Gasteiger partial charge on any atom is -0.508 e. The van der Waals surface area contributed by atoms with Gasteiger partial charge in [0.25, 0.3) is 0 Å². The molecule has 1 heterocycles. The van der Waals surface area contributed by atoms with Gasteiger partial charge in [-0.15, -0.1) is 0 Å². The normalized spacial score (nSPS) is 11.1. The highest BCUT2D eigenvalue weighted by molar-refractivity contribution is 5.85. The minimum absolute atomic E-state index is 0.00631.